The third kappa shape index (κ3) is 4.35. The molecule has 0 unspecified atom stereocenters. The Bertz CT molecular complexity index is 1310. The second kappa shape index (κ2) is 8.68. The van der Waals surface area contributed by atoms with Gasteiger partial charge in [0.25, 0.3) is 5.91 Å². The minimum atomic E-state index is -1.15. The van der Waals surface area contributed by atoms with Crippen molar-refractivity contribution in [3.63, 3.8) is 0 Å². The molecule has 33 heavy (non-hydrogen) atoms. The van der Waals surface area contributed by atoms with Crippen molar-refractivity contribution in [2.45, 2.75) is 51.2 Å². The van der Waals surface area contributed by atoms with Gasteiger partial charge in [-0.1, -0.05) is 22.6 Å². The minimum Gasteiger partial charge on any atom is -0.386 e. The molecule has 5 rings (SSSR count). The van der Waals surface area contributed by atoms with Crippen molar-refractivity contribution in [1.29, 1.82) is 0 Å². The van der Waals surface area contributed by atoms with Gasteiger partial charge in [0.15, 0.2) is 5.65 Å². The van der Waals surface area contributed by atoms with Crippen LogP contribution in [0.1, 0.15) is 61.5 Å². The van der Waals surface area contributed by atoms with Crippen LogP contribution < -0.4 is 5.32 Å². The van der Waals surface area contributed by atoms with Gasteiger partial charge in [0.2, 0.25) is 0 Å². The molecule has 9 heteroatoms. The smallest absolute Gasteiger partial charge is 0.261 e. The van der Waals surface area contributed by atoms with Crippen LogP contribution in [0, 0.1) is 5.92 Å². The van der Waals surface area contributed by atoms with E-state index in [1.807, 2.05) is 12.1 Å². The topological polar surface area (TPSA) is 97.3 Å². The summed E-state index contributed by atoms with van der Waals surface area (Å²) in [6.07, 6.45) is 11.7. The number of fused-ring (bicyclic) bond motifs is 2. The van der Waals surface area contributed by atoms with Crippen LogP contribution in [0.2, 0.25) is 0 Å². The Morgan fingerprint density at radius 2 is 2.06 bits per heavy atom. The van der Waals surface area contributed by atoms with Crippen molar-refractivity contribution >= 4 is 50.7 Å². The molecule has 3 aromatic heterocycles. The number of hydrogen-bond acceptors (Lipinski definition) is 5. The van der Waals surface area contributed by atoms with Gasteiger partial charge >= 0.3 is 0 Å². The highest BCUT2D eigenvalue weighted by Gasteiger charge is 2.26. The zero-order valence-electron chi connectivity index (χ0n) is 18.7. The first-order valence-corrected chi connectivity index (χ1v) is 12.8. The largest absolute Gasteiger partial charge is 0.386 e. The fourth-order valence-corrected chi connectivity index (χ4v) is 5.51. The number of halogens is 1. The average Bonchev–Trinajstić information content (AvgIpc) is 3.42. The summed E-state index contributed by atoms with van der Waals surface area (Å²) in [6.45, 7) is 3.42. The highest BCUT2D eigenvalue weighted by Crippen LogP contribution is 2.36. The van der Waals surface area contributed by atoms with E-state index in [1.54, 1.807) is 36.8 Å². The number of nitrogens with one attached hydrogen (secondary N) is 1. The average molecular weight is 558 g/mol. The van der Waals surface area contributed by atoms with E-state index in [-0.39, 0.29) is 5.91 Å². The zero-order chi connectivity index (χ0) is 23.2. The minimum absolute atomic E-state index is 0.321. The Hall–Kier alpha value is -2.53. The fourth-order valence-electron chi connectivity index (χ4n) is 4.63. The third-order valence-electron chi connectivity index (χ3n) is 6.50. The van der Waals surface area contributed by atoms with Crippen LogP contribution in [-0.2, 0) is 5.60 Å². The van der Waals surface area contributed by atoms with Crippen LogP contribution in [0.3, 0.4) is 0 Å². The Labute approximate surface area is 205 Å². The van der Waals surface area contributed by atoms with E-state index in [9.17, 15) is 9.90 Å². The van der Waals surface area contributed by atoms with Crippen LogP contribution in [0.15, 0.2) is 43.0 Å². The Morgan fingerprint density at radius 3 is 2.79 bits per heavy atom. The molecule has 0 bridgehead atoms. The molecule has 8 nitrogen and oxygen atoms in total. The van der Waals surface area contributed by atoms with Gasteiger partial charge in [-0.05, 0) is 63.6 Å². The van der Waals surface area contributed by atoms with Gasteiger partial charge < -0.3 is 10.4 Å². The van der Waals surface area contributed by atoms with Gasteiger partial charge in [0.05, 0.1) is 23.4 Å². The van der Waals surface area contributed by atoms with Gasteiger partial charge in [-0.25, -0.2) is 9.50 Å². The number of aliphatic hydroxyl groups is 1. The van der Waals surface area contributed by atoms with Gasteiger partial charge in [0, 0.05) is 39.7 Å². The van der Waals surface area contributed by atoms with E-state index in [4.69, 9.17) is 5.10 Å². The molecule has 1 aliphatic rings. The summed E-state index contributed by atoms with van der Waals surface area (Å²) in [7, 11) is 0. The maximum Gasteiger partial charge on any atom is 0.261 e. The number of aromatic nitrogens is 5. The molecule has 172 valence electrons. The van der Waals surface area contributed by atoms with Crippen LogP contribution in [-0.4, -0.2) is 39.8 Å². The van der Waals surface area contributed by atoms with E-state index in [0.29, 0.717) is 28.5 Å². The monoisotopic (exact) mass is 558 g/mol. The molecule has 1 aliphatic carbocycles. The lowest BCUT2D eigenvalue weighted by Crippen LogP contribution is -2.21. The number of rotatable bonds is 5. The van der Waals surface area contributed by atoms with E-state index in [0.717, 1.165) is 29.7 Å². The zero-order valence-corrected chi connectivity index (χ0v) is 20.9. The number of nitrogens with zero attached hydrogens (tertiary/aromatic N) is 5. The molecule has 1 fully saturated rings. The number of benzene rings is 1. The van der Waals surface area contributed by atoms with Crippen molar-refractivity contribution in [2.24, 2.45) is 5.92 Å². The molecule has 1 amide bonds. The maximum absolute atomic E-state index is 13.1. The lowest BCUT2D eigenvalue weighted by Gasteiger charge is -2.27. The van der Waals surface area contributed by atoms with E-state index >= 15 is 0 Å². The summed E-state index contributed by atoms with van der Waals surface area (Å²) in [6, 6.07) is 5.94. The first-order valence-electron chi connectivity index (χ1n) is 11.2. The van der Waals surface area contributed by atoms with Crippen molar-refractivity contribution in [1.82, 2.24) is 24.4 Å². The lowest BCUT2D eigenvalue weighted by molar-refractivity contribution is 0.0794. The summed E-state index contributed by atoms with van der Waals surface area (Å²) in [5.41, 5.74) is 1.70. The highest BCUT2D eigenvalue weighted by molar-refractivity contribution is 14.1. The molecule has 0 aliphatic heterocycles. The Morgan fingerprint density at radius 1 is 1.27 bits per heavy atom. The molecular formula is C24H27IN6O2. The summed E-state index contributed by atoms with van der Waals surface area (Å²) in [5.74, 6) is 0.489. The molecular weight excluding hydrogens is 531 g/mol. The van der Waals surface area contributed by atoms with E-state index < -0.39 is 5.60 Å². The Balaban J connectivity index is 1.48. The summed E-state index contributed by atoms with van der Waals surface area (Å²) < 4.78 is 4.85. The van der Waals surface area contributed by atoms with Gasteiger partial charge in [0.1, 0.15) is 5.56 Å². The predicted octanol–water partition coefficient (Wildman–Crippen LogP) is 4.73. The molecule has 1 saturated carbocycles. The maximum atomic E-state index is 13.1. The second-order valence-corrected chi connectivity index (χ2v) is 10.2. The van der Waals surface area contributed by atoms with Gasteiger partial charge in [-0.2, -0.15) is 10.2 Å². The van der Waals surface area contributed by atoms with Crippen molar-refractivity contribution < 1.29 is 9.90 Å². The predicted molar refractivity (Wildman–Crippen MR) is 136 cm³/mol. The number of anilines is 1. The van der Waals surface area contributed by atoms with Crippen LogP contribution in [0.5, 0.6) is 0 Å². The normalized spacial score (nSPS) is 19.3. The molecule has 0 radical (unpaired) electrons. The lowest BCUT2D eigenvalue weighted by atomic mass is 9.87. The number of amides is 1. The van der Waals surface area contributed by atoms with Crippen molar-refractivity contribution in [3.8, 4) is 0 Å². The standard InChI is InChI=1S/C24H27IN6O2/c1-24(2,33)19-11-20-16(14-31(29-20)17-6-4-15(12-25)5-7-17)10-21(19)28-23(32)18-13-27-30-9-3-8-26-22(18)30/h3,8-11,13-15,17,33H,4-7,12H2,1-2H3,(H,28,32)/t15-,17-. The first kappa shape index (κ1) is 22.3. The van der Waals surface area contributed by atoms with E-state index in [1.165, 1.54) is 23.5 Å². The molecule has 1 aromatic carbocycles. The first-order chi connectivity index (χ1) is 15.8. The summed E-state index contributed by atoms with van der Waals surface area (Å²) >= 11 is 2.48. The molecule has 0 atom stereocenters. The molecule has 0 saturated heterocycles. The number of carbonyl (C=O) groups excluding carboxylic acids is 1. The summed E-state index contributed by atoms with van der Waals surface area (Å²) in [4.78, 5) is 17.4. The van der Waals surface area contributed by atoms with Crippen LogP contribution >= 0.6 is 22.6 Å². The Kier molecular flexibility index (Phi) is 5.86. The SMILES string of the molecule is CC(C)(O)c1cc2nn([C@H]3CC[C@H](CI)CC3)cc2cc1NC(=O)c1cnn2cccnc12. The van der Waals surface area contributed by atoms with Gasteiger partial charge in [-0.15, -0.1) is 0 Å². The van der Waals surface area contributed by atoms with Crippen LogP contribution in [0.4, 0.5) is 5.69 Å². The van der Waals surface area contributed by atoms with E-state index in [2.05, 4.69) is 48.9 Å². The highest BCUT2D eigenvalue weighted by atomic mass is 127. The molecule has 3 heterocycles. The third-order valence-corrected chi connectivity index (χ3v) is 7.75. The molecule has 0 spiro atoms. The quantitative estimate of drug-likeness (QED) is 0.273. The number of hydrogen-bond donors (Lipinski definition) is 2. The van der Waals surface area contributed by atoms with Crippen molar-refractivity contribution in [2.75, 3.05) is 9.74 Å². The van der Waals surface area contributed by atoms with Gasteiger partial charge in [-0.3, -0.25) is 9.48 Å². The van der Waals surface area contributed by atoms with Crippen LogP contribution in [0.25, 0.3) is 16.6 Å². The second-order valence-electron chi connectivity index (χ2n) is 9.35. The molecule has 4 aromatic rings. The fraction of sp³-hybridized carbons (Fsp3) is 0.417. The number of carbonyl (C=O) groups is 1. The molecule has 2 N–H and O–H groups in total. The van der Waals surface area contributed by atoms with Crippen molar-refractivity contribution in [3.05, 3.63) is 54.1 Å². The number of alkyl halides is 1. The summed E-state index contributed by atoms with van der Waals surface area (Å²) in [5, 5.41) is 23.8.